The lowest BCUT2D eigenvalue weighted by molar-refractivity contribution is -0.172. The zero-order valence-electron chi connectivity index (χ0n) is 32.2. The first kappa shape index (κ1) is 38.0. The molecule has 294 valence electrons. The predicted molar refractivity (Wildman–Crippen MR) is 203 cm³/mol. The minimum Gasteiger partial charge on any atom is -0.456 e. The van der Waals surface area contributed by atoms with Gasteiger partial charge in [-0.15, -0.1) is 0 Å². The van der Waals surface area contributed by atoms with E-state index in [1.165, 1.54) is 12.5 Å². The lowest BCUT2D eigenvalue weighted by Crippen LogP contribution is -2.54. The molecule has 2 saturated carbocycles. The third-order valence-corrected chi connectivity index (χ3v) is 13.1. The molecule has 4 N–H and O–H groups in total. The average Bonchev–Trinajstić information content (AvgIpc) is 3.44. The molecule has 2 amide bonds. The molecule has 4 fully saturated rings. The number of fused-ring (bicyclic) bond motifs is 4. The van der Waals surface area contributed by atoms with Crippen LogP contribution >= 0.6 is 0 Å². The molecule has 2 aliphatic heterocycles. The second-order valence-electron chi connectivity index (χ2n) is 17.5. The molecule has 1 spiro atoms. The van der Waals surface area contributed by atoms with Crippen molar-refractivity contribution in [3.05, 3.63) is 88.0 Å². The van der Waals surface area contributed by atoms with E-state index in [1.807, 2.05) is 30.3 Å². The average molecular weight is 755 g/mol. The van der Waals surface area contributed by atoms with Gasteiger partial charge in [-0.3, -0.25) is 9.59 Å². The van der Waals surface area contributed by atoms with Crippen LogP contribution in [0.15, 0.2) is 65.8 Å². The number of hydrogen-bond acceptors (Lipinski definition) is 9. The molecule has 11 nitrogen and oxygen atoms in total. The number of aliphatic hydroxyl groups excluding tert-OH is 2. The number of carbonyl (C=O) groups is 3. The van der Waals surface area contributed by atoms with Crippen LogP contribution in [0.5, 0.6) is 0 Å². The maximum atomic E-state index is 14.3. The van der Waals surface area contributed by atoms with Crippen LogP contribution in [0.3, 0.4) is 0 Å². The Kier molecular flexibility index (Phi) is 10.1. The van der Waals surface area contributed by atoms with E-state index in [4.69, 9.17) is 18.9 Å². The van der Waals surface area contributed by atoms with E-state index >= 15 is 0 Å². The third-order valence-electron chi connectivity index (χ3n) is 13.1. The Labute approximate surface area is 322 Å². The summed E-state index contributed by atoms with van der Waals surface area (Å²) in [6, 6.07) is 14.3. The predicted octanol–water partition coefficient (Wildman–Crippen LogP) is 4.57. The number of benzene rings is 2. The molecule has 6 aliphatic rings. The first-order chi connectivity index (χ1) is 26.3. The van der Waals surface area contributed by atoms with Crippen LogP contribution in [-0.4, -0.2) is 89.1 Å². The van der Waals surface area contributed by atoms with Crippen molar-refractivity contribution < 1.29 is 43.5 Å². The van der Waals surface area contributed by atoms with E-state index in [0.29, 0.717) is 30.2 Å². The highest BCUT2D eigenvalue weighted by Gasteiger charge is 2.57. The number of epoxide rings is 1. The minimum atomic E-state index is -1.27. The Balaban J connectivity index is 1.06. The van der Waals surface area contributed by atoms with Crippen LogP contribution in [0.2, 0.25) is 0 Å². The summed E-state index contributed by atoms with van der Waals surface area (Å²) in [4.78, 5) is 40.9. The van der Waals surface area contributed by atoms with Gasteiger partial charge in [0, 0.05) is 31.4 Å². The largest absolute Gasteiger partial charge is 0.456 e. The fraction of sp³-hybridized carbons (Fsp3) is 0.568. The van der Waals surface area contributed by atoms with Crippen molar-refractivity contribution in [1.29, 1.82) is 0 Å². The van der Waals surface area contributed by atoms with Crippen LogP contribution in [-0.2, 0) is 41.4 Å². The summed E-state index contributed by atoms with van der Waals surface area (Å²) in [6.07, 6.45) is 6.91. The molecule has 4 aliphatic carbocycles. The van der Waals surface area contributed by atoms with Crippen molar-refractivity contribution in [3.63, 3.8) is 0 Å². The van der Waals surface area contributed by atoms with Crippen molar-refractivity contribution in [2.75, 3.05) is 13.2 Å². The summed E-state index contributed by atoms with van der Waals surface area (Å²) in [5.74, 6) is -1.71. The standard InChI is InChI=1S/C44H54N2O9/c1-25(48)37(40(50)45-17-18-47)46-39(49)30-20-34(38-35(21-30)53-44(55-38)22-28-10-5-6-11-29(28)23-44)52-41(51)31-12-8-7-9-26(31)19-27-13-14-36-43(4,54-36)16-15-33-32(27)24-42(33,2)3/h5-12,19,21,25,32-38,47-48H,13-18,20,22-24H2,1-4H3,(H,45,50)(H,46,49). The van der Waals surface area contributed by atoms with Gasteiger partial charge in [-0.2, -0.15) is 0 Å². The number of carbonyl (C=O) groups excluding carboxylic acids is 3. The van der Waals surface area contributed by atoms with Crippen molar-refractivity contribution in [3.8, 4) is 0 Å². The Hall–Kier alpha value is -3.87. The summed E-state index contributed by atoms with van der Waals surface area (Å²) >= 11 is 0. The Morgan fingerprint density at radius 2 is 1.73 bits per heavy atom. The molecule has 8 rings (SSSR count). The van der Waals surface area contributed by atoms with Crippen LogP contribution in [0.25, 0.3) is 6.08 Å². The number of hydrogen-bond donors (Lipinski definition) is 4. The van der Waals surface area contributed by atoms with Crippen LogP contribution < -0.4 is 10.6 Å². The van der Waals surface area contributed by atoms with Crippen LogP contribution in [0.1, 0.15) is 93.3 Å². The second kappa shape index (κ2) is 14.6. The van der Waals surface area contributed by atoms with E-state index in [-0.39, 0.29) is 42.3 Å². The molecule has 2 aromatic rings. The zero-order chi connectivity index (χ0) is 38.7. The van der Waals surface area contributed by atoms with E-state index in [1.54, 1.807) is 12.1 Å². The number of esters is 1. The van der Waals surface area contributed by atoms with Gasteiger partial charge in [-0.05, 0) is 92.0 Å². The summed E-state index contributed by atoms with van der Waals surface area (Å²) in [7, 11) is 0. The Bertz CT molecular complexity index is 1880. The maximum Gasteiger partial charge on any atom is 0.339 e. The smallest absolute Gasteiger partial charge is 0.339 e. The molecule has 0 bridgehead atoms. The zero-order valence-corrected chi connectivity index (χ0v) is 32.2. The molecule has 9 atom stereocenters. The molecule has 2 aromatic carbocycles. The molecule has 55 heavy (non-hydrogen) atoms. The fourth-order valence-electron chi connectivity index (χ4n) is 10.0. The SMILES string of the molecule is CC(O)C(NC(=O)C1=CC2OC3(Cc4ccccc4C3)OC2C(OC(=O)c2ccccc2C=C2CCC3OC3(C)CCC3C2CC3(C)C)C1)C(=O)NCCO. The normalized spacial score (nSPS) is 32.8. The van der Waals surface area contributed by atoms with Crippen LogP contribution in [0, 0.1) is 17.3 Å². The van der Waals surface area contributed by atoms with E-state index in [0.717, 1.165) is 48.8 Å². The monoisotopic (exact) mass is 754 g/mol. The molecule has 2 heterocycles. The van der Waals surface area contributed by atoms with Gasteiger partial charge in [-0.25, -0.2) is 4.79 Å². The van der Waals surface area contributed by atoms with Gasteiger partial charge >= 0.3 is 5.97 Å². The van der Waals surface area contributed by atoms with Gasteiger partial charge in [0.1, 0.15) is 24.4 Å². The van der Waals surface area contributed by atoms with Crippen molar-refractivity contribution >= 4 is 23.9 Å². The van der Waals surface area contributed by atoms with E-state index < -0.39 is 54.0 Å². The third kappa shape index (κ3) is 7.42. The first-order valence-corrected chi connectivity index (χ1v) is 20.0. The van der Waals surface area contributed by atoms with Crippen LogP contribution in [0.4, 0.5) is 0 Å². The summed E-state index contributed by atoms with van der Waals surface area (Å²) in [5.41, 5.74) is 5.31. The lowest BCUT2D eigenvalue weighted by atomic mass is 9.52. The van der Waals surface area contributed by atoms with Gasteiger partial charge in [0.2, 0.25) is 11.8 Å². The van der Waals surface area contributed by atoms with Gasteiger partial charge in [0.25, 0.3) is 0 Å². The quantitative estimate of drug-likeness (QED) is 0.213. The highest BCUT2D eigenvalue weighted by atomic mass is 16.8. The van der Waals surface area contributed by atoms with Gasteiger partial charge in [-0.1, -0.05) is 68.0 Å². The maximum absolute atomic E-state index is 14.3. The highest BCUT2D eigenvalue weighted by molar-refractivity contribution is 5.98. The number of rotatable bonds is 9. The first-order valence-electron chi connectivity index (χ1n) is 20.0. The van der Waals surface area contributed by atoms with Crippen molar-refractivity contribution in [2.24, 2.45) is 17.3 Å². The number of allylic oxidation sites excluding steroid dienone is 1. The number of amides is 2. The van der Waals surface area contributed by atoms with Gasteiger partial charge < -0.3 is 39.8 Å². The van der Waals surface area contributed by atoms with Crippen molar-refractivity contribution in [2.45, 2.75) is 127 Å². The summed E-state index contributed by atoms with van der Waals surface area (Å²) in [5, 5.41) is 24.7. The molecular formula is C44H54N2O9. The fourth-order valence-corrected chi connectivity index (χ4v) is 10.0. The Morgan fingerprint density at radius 1 is 1.00 bits per heavy atom. The summed E-state index contributed by atoms with van der Waals surface area (Å²) < 4.78 is 25.9. The van der Waals surface area contributed by atoms with Crippen molar-refractivity contribution in [1.82, 2.24) is 10.6 Å². The number of aliphatic hydroxyl groups is 2. The molecule has 11 heteroatoms. The Morgan fingerprint density at radius 3 is 2.44 bits per heavy atom. The number of nitrogens with one attached hydrogen (secondary N) is 2. The van der Waals surface area contributed by atoms with E-state index in [2.05, 4.69) is 49.6 Å². The number of ether oxygens (including phenoxy) is 4. The lowest BCUT2D eigenvalue weighted by Gasteiger charge is -2.53. The molecular weight excluding hydrogens is 700 g/mol. The van der Waals surface area contributed by atoms with E-state index in [9.17, 15) is 24.6 Å². The van der Waals surface area contributed by atoms with Gasteiger partial charge in [0.05, 0.1) is 30.0 Å². The molecule has 2 saturated heterocycles. The van der Waals surface area contributed by atoms with Gasteiger partial charge in [0.15, 0.2) is 5.79 Å². The minimum absolute atomic E-state index is 0.0121. The second-order valence-corrected chi connectivity index (χ2v) is 17.5. The molecule has 0 aromatic heterocycles. The summed E-state index contributed by atoms with van der Waals surface area (Å²) in [6.45, 7) is 8.06. The highest BCUT2D eigenvalue weighted by Crippen LogP contribution is 2.60. The molecule has 0 radical (unpaired) electrons. The topological polar surface area (TPSA) is 156 Å². The molecule has 9 unspecified atom stereocenters.